The second-order valence-corrected chi connectivity index (χ2v) is 5.81. The number of aromatic nitrogens is 2. The second-order valence-electron chi connectivity index (χ2n) is 4.55. The van der Waals surface area contributed by atoms with Crippen LogP contribution in [0.2, 0.25) is 5.02 Å². The number of rotatable bonds is 4. The standard InChI is InChI=1S/C14H14BrClN6O/c1-7(23)4-12(18)21-13-9(15)6-19-14(22-13)20-11-5-8(17)2-3-10(11)16/h2-6,23H,17H2,1H3,(H3,18,19,20,21,22)/b7-4-. The average Bonchev–Trinajstić information content (AvgIpc) is 2.45. The van der Waals surface area contributed by atoms with Crippen molar-refractivity contribution >= 4 is 56.5 Å². The second kappa shape index (κ2) is 7.30. The number of halogens is 2. The molecule has 0 bridgehead atoms. The van der Waals surface area contributed by atoms with E-state index < -0.39 is 0 Å². The van der Waals surface area contributed by atoms with E-state index in [1.54, 1.807) is 18.2 Å². The molecule has 9 heteroatoms. The van der Waals surface area contributed by atoms with Crippen molar-refractivity contribution in [3.05, 3.63) is 45.7 Å². The third kappa shape index (κ3) is 4.83. The van der Waals surface area contributed by atoms with Crippen molar-refractivity contribution in [2.75, 3.05) is 11.1 Å². The maximum atomic E-state index is 9.19. The molecule has 0 aliphatic carbocycles. The van der Waals surface area contributed by atoms with Crippen LogP contribution in [0.5, 0.6) is 0 Å². The number of aliphatic hydroxyl groups is 1. The van der Waals surface area contributed by atoms with Gasteiger partial charge in [-0.1, -0.05) is 11.6 Å². The zero-order valence-corrected chi connectivity index (χ0v) is 14.4. The first-order valence-electron chi connectivity index (χ1n) is 6.41. The highest BCUT2D eigenvalue weighted by atomic mass is 79.9. The number of hydrogen-bond acceptors (Lipinski definition) is 6. The van der Waals surface area contributed by atoms with Crippen LogP contribution in [0.1, 0.15) is 6.92 Å². The fraction of sp³-hybridized carbons (Fsp3) is 0.0714. The zero-order chi connectivity index (χ0) is 17.0. The minimum absolute atomic E-state index is 0.0429. The molecule has 6 N–H and O–H groups in total. The first-order chi connectivity index (χ1) is 10.8. The average molecular weight is 398 g/mol. The molecule has 7 nitrogen and oxygen atoms in total. The van der Waals surface area contributed by atoms with E-state index in [-0.39, 0.29) is 17.5 Å². The molecule has 0 saturated heterocycles. The molecule has 1 aromatic heterocycles. The van der Waals surface area contributed by atoms with Crippen molar-refractivity contribution in [3.8, 4) is 0 Å². The highest BCUT2D eigenvalue weighted by molar-refractivity contribution is 9.10. The maximum absolute atomic E-state index is 9.19. The number of aliphatic hydroxyl groups excluding tert-OH is 1. The summed E-state index contributed by atoms with van der Waals surface area (Å²) in [6, 6.07) is 5.03. The number of nitrogens with one attached hydrogen (secondary N) is 1. The molecule has 0 amide bonds. The molecule has 2 rings (SSSR count). The van der Waals surface area contributed by atoms with Crippen LogP contribution in [0.3, 0.4) is 0 Å². The summed E-state index contributed by atoms with van der Waals surface area (Å²) in [5.74, 6) is 0.730. The number of aliphatic imine (C=N–C) groups is 1. The quantitative estimate of drug-likeness (QED) is 0.270. The normalized spacial score (nSPS) is 12.3. The molecule has 1 heterocycles. The van der Waals surface area contributed by atoms with Crippen LogP contribution in [0.15, 0.2) is 45.7 Å². The van der Waals surface area contributed by atoms with E-state index in [1.165, 1.54) is 19.2 Å². The van der Waals surface area contributed by atoms with Crippen LogP contribution in [0, 0.1) is 0 Å². The first kappa shape index (κ1) is 17.0. The molecule has 23 heavy (non-hydrogen) atoms. The minimum Gasteiger partial charge on any atom is -0.512 e. The molecule has 0 unspecified atom stereocenters. The molecule has 0 aliphatic heterocycles. The molecule has 0 saturated carbocycles. The highest BCUT2D eigenvalue weighted by Gasteiger charge is 2.07. The predicted octanol–water partition coefficient (Wildman–Crippen LogP) is 3.67. The molecular weight excluding hydrogens is 384 g/mol. The van der Waals surface area contributed by atoms with Gasteiger partial charge in [0.1, 0.15) is 5.84 Å². The summed E-state index contributed by atoms with van der Waals surface area (Å²) in [5, 5.41) is 12.6. The number of nitrogens with zero attached hydrogens (tertiary/aromatic N) is 3. The van der Waals surface area contributed by atoms with Gasteiger partial charge in [0.25, 0.3) is 0 Å². The minimum atomic E-state index is 0.0429. The Labute approximate surface area is 146 Å². The van der Waals surface area contributed by atoms with Crippen LogP contribution in [-0.2, 0) is 0 Å². The Morgan fingerprint density at radius 2 is 2.22 bits per heavy atom. The lowest BCUT2D eigenvalue weighted by Crippen LogP contribution is -2.08. The van der Waals surface area contributed by atoms with Gasteiger partial charge in [0, 0.05) is 18.0 Å². The van der Waals surface area contributed by atoms with Crippen molar-refractivity contribution in [1.29, 1.82) is 0 Å². The molecule has 120 valence electrons. The first-order valence-corrected chi connectivity index (χ1v) is 7.58. The number of nitrogen functional groups attached to an aromatic ring is 1. The van der Waals surface area contributed by atoms with Gasteiger partial charge in [-0.05, 0) is 41.1 Å². The summed E-state index contributed by atoms with van der Waals surface area (Å²) in [6.45, 7) is 1.49. The summed E-state index contributed by atoms with van der Waals surface area (Å²) < 4.78 is 0.550. The summed E-state index contributed by atoms with van der Waals surface area (Å²) in [7, 11) is 0. The third-order valence-corrected chi connectivity index (χ3v) is 3.44. The Hall–Kier alpha value is -2.32. The Balaban J connectivity index is 2.33. The monoisotopic (exact) mass is 396 g/mol. The number of hydrogen-bond donors (Lipinski definition) is 4. The number of nitrogens with two attached hydrogens (primary N) is 2. The van der Waals surface area contributed by atoms with E-state index >= 15 is 0 Å². The summed E-state index contributed by atoms with van der Waals surface area (Å²) >= 11 is 9.38. The summed E-state index contributed by atoms with van der Waals surface area (Å²) in [6.07, 6.45) is 2.84. The van der Waals surface area contributed by atoms with Gasteiger partial charge in [-0.25, -0.2) is 9.98 Å². The fourth-order valence-corrected chi connectivity index (χ4v) is 2.07. The van der Waals surface area contributed by atoms with E-state index in [9.17, 15) is 5.11 Å². The zero-order valence-electron chi connectivity index (χ0n) is 12.1. The lowest BCUT2D eigenvalue weighted by molar-refractivity contribution is 0.415. The van der Waals surface area contributed by atoms with Crippen LogP contribution in [-0.4, -0.2) is 20.9 Å². The Kier molecular flexibility index (Phi) is 5.41. The van der Waals surface area contributed by atoms with Crippen LogP contribution in [0.4, 0.5) is 23.1 Å². The van der Waals surface area contributed by atoms with Gasteiger partial charge in [-0.3, -0.25) is 0 Å². The van der Waals surface area contributed by atoms with Gasteiger partial charge in [0.2, 0.25) is 5.95 Å². The van der Waals surface area contributed by atoms with Crippen molar-refractivity contribution < 1.29 is 5.11 Å². The fourth-order valence-electron chi connectivity index (χ4n) is 1.62. The molecule has 0 aliphatic rings. The largest absolute Gasteiger partial charge is 0.512 e. The van der Waals surface area contributed by atoms with Crippen molar-refractivity contribution in [1.82, 2.24) is 9.97 Å². The molecule has 2 aromatic rings. The Morgan fingerprint density at radius 3 is 2.91 bits per heavy atom. The van der Waals surface area contributed by atoms with Crippen LogP contribution >= 0.6 is 27.5 Å². The van der Waals surface area contributed by atoms with Gasteiger partial charge < -0.3 is 21.9 Å². The van der Waals surface area contributed by atoms with Crippen molar-refractivity contribution in [3.63, 3.8) is 0 Å². The van der Waals surface area contributed by atoms with Crippen LogP contribution < -0.4 is 16.8 Å². The smallest absolute Gasteiger partial charge is 0.229 e. The van der Waals surface area contributed by atoms with Crippen LogP contribution in [0.25, 0.3) is 0 Å². The number of anilines is 3. The van der Waals surface area contributed by atoms with E-state index in [4.69, 9.17) is 23.1 Å². The highest BCUT2D eigenvalue weighted by Crippen LogP contribution is 2.28. The Morgan fingerprint density at radius 1 is 1.48 bits per heavy atom. The summed E-state index contributed by atoms with van der Waals surface area (Å²) in [5.41, 5.74) is 12.6. The molecule has 0 atom stereocenters. The van der Waals surface area contributed by atoms with Gasteiger partial charge in [-0.15, -0.1) is 0 Å². The molecule has 1 aromatic carbocycles. The van der Waals surface area contributed by atoms with Gasteiger partial charge >= 0.3 is 0 Å². The third-order valence-electron chi connectivity index (χ3n) is 2.55. The van der Waals surface area contributed by atoms with Gasteiger partial charge in [0.05, 0.1) is 20.9 Å². The van der Waals surface area contributed by atoms with E-state index in [0.29, 0.717) is 26.7 Å². The van der Waals surface area contributed by atoms with E-state index in [0.717, 1.165) is 0 Å². The number of benzene rings is 1. The van der Waals surface area contributed by atoms with Crippen molar-refractivity contribution in [2.45, 2.75) is 6.92 Å². The topological polar surface area (TPSA) is 122 Å². The van der Waals surface area contributed by atoms with Gasteiger partial charge in [0.15, 0.2) is 5.82 Å². The number of amidine groups is 1. The molecule has 0 radical (unpaired) electrons. The van der Waals surface area contributed by atoms with E-state index in [2.05, 4.69) is 36.2 Å². The summed E-state index contributed by atoms with van der Waals surface area (Å²) in [4.78, 5) is 12.5. The molecular formula is C14H14BrClN6O. The lowest BCUT2D eigenvalue weighted by atomic mass is 10.3. The van der Waals surface area contributed by atoms with E-state index in [1.807, 2.05) is 0 Å². The Bertz CT molecular complexity index is 789. The number of allylic oxidation sites excluding steroid dienone is 1. The maximum Gasteiger partial charge on any atom is 0.229 e. The SMILES string of the molecule is C/C(O)=C/C(N)=Nc1nc(Nc2cc(N)ccc2Cl)ncc1Br. The molecule has 0 spiro atoms. The molecule has 0 fully saturated rings. The lowest BCUT2D eigenvalue weighted by Gasteiger charge is -2.08. The predicted molar refractivity (Wildman–Crippen MR) is 96.5 cm³/mol. The van der Waals surface area contributed by atoms with Crippen molar-refractivity contribution in [2.24, 2.45) is 10.7 Å². The van der Waals surface area contributed by atoms with Gasteiger partial charge in [-0.2, -0.15) is 4.98 Å².